The predicted octanol–water partition coefficient (Wildman–Crippen LogP) is 4.01. The summed E-state index contributed by atoms with van der Waals surface area (Å²) in [4.78, 5) is 0. The molecular formula is C17H17F2N3O2S. The van der Waals surface area contributed by atoms with Crippen LogP contribution in [-0.4, -0.2) is 24.5 Å². The Morgan fingerprint density at radius 3 is 2.56 bits per heavy atom. The van der Waals surface area contributed by atoms with Crippen LogP contribution < -0.4 is 20.2 Å². The molecule has 0 aliphatic heterocycles. The molecule has 0 aromatic heterocycles. The van der Waals surface area contributed by atoms with Crippen molar-refractivity contribution in [3.05, 3.63) is 54.1 Å². The number of ether oxygens (including phenoxy) is 2. The van der Waals surface area contributed by atoms with E-state index >= 15 is 0 Å². The molecule has 0 bridgehead atoms. The van der Waals surface area contributed by atoms with E-state index in [1.807, 2.05) is 18.2 Å². The van der Waals surface area contributed by atoms with Crippen LogP contribution in [0.25, 0.3) is 0 Å². The number of alkyl halides is 2. The Morgan fingerprint density at radius 1 is 1.12 bits per heavy atom. The van der Waals surface area contributed by atoms with Gasteiger partial charge in [-0.3, -0.25) is 5.43 Å². The van der Waals surface area contributed by atoms with Crippen LogP contribution in [-0.2, 0) is 0 Å². The molecule has 25 heavy (non-hydrogen) atoms. The highest BCUT2D eigenvalue weighted by atomic mass is 32.1. The van der Waals surface area contributed by atoms with Crippen molar-refractivity contribution in [2.24, 2.45) is 5.10 Å². The fourth-order valence-corrected chi connectivity index (χ4v) is 2.12. The van der Waals surface area contributed by atoms with Crippen LogP contribution in [0, 0.1) is 0 Å². The van der Waals surface area contributed by atoms with Gasteiger partial charge in [0.2, 0.25) is 0 Å². The maximum absolute atomic E-state index is 12.3. The van der Waals surface area contributed by atoms with Crippen molar-refractivity contribution in [2.45, 2.75) is 13.5 Å². The first-order chi connectivity index (χ1) is 12.0. The summed E-state index contributed by atoms with van der Waals surface area (Å²) in [6.45, 7) is -1.15. The molecule has 0 fully saturated rings. The Morgan fingerprint density at radius 2 is 1.84 bits per heavy atom. The lowest BCUT2D eigenvalue weighted by Crippen LogP contribution is -2.25. The van der Waals surface area contributed by atoms with E-state index < -0.39 is 6.61 Å². The molecular weight excluding hydrogens is 348 g/mol. The molecule has 8 heteroatoms. The van der Waals surface area contributed by atoms with Gasteiger partial charge < -0.3 is 14.8 Å². The van der Waals surface area contributed by atoms with Gasteiger partial charge in [0, 0.05) is 17.3 Å². The molecule has 0 aliphatic carbocycles. The summed E-state index contributed by atoms with van der Waals surface area (Å²) >= 11 is 5.17. The van der Waals surface area contributed by atoms with Crippen LogP contribution in [0.1, 0.15) is 12.5 Å². The van der Waals surface area contributed by atoms with E-state index in [1.165, 1.54) is 12.1 Å². The third-order valence-corrected chi connectivity index (χ3v) is 3.32. The van der Waals surface area contributed by atoms with Crippen LogP contribution in [0.15, 0.2) is 53.6 Å². The molecule has 5 nitrogen and oxygen atoms in total. The van der Waals surface area contributed by atoms with Gasteiger partial charge in [-0.1, -0.05) is 18.2 Å². The van der Waals surface area contributed by atoms with E-state index in [9.17, 15) is 8.78 Å². The van der Waals surface area contributed by atoms with Crippen molar-refractivity contribution in [1.29, 1.82) is 0 Å². The minimum atomic E-state index is -2.87. The third-order valence-electron chi connectivity index (χ3n) is 3.13. The molecule has 2 N–H and O–H groups in total. The molecule has 132 valence electrons. The van der Waals surface area contributed by atoms with E-state index in [2.05, 4.69) is 20.6 Å². The summed E-state index contributed by atoms with van der Waals surface area (Å²) in [5, 5.41) is 7.40. The SMILES string of the molecule is COc1cccc(NC(=S)N/N=C(/C)c2cccc(OC(F)F)c2)c1. The van der Waals surface area contributed by atoms with Crippen molar-refractivity contribution >= 4 is 28.7 Å². The number of anilines is 1. The third kappa shape index (κ3) is 6.00. The first kappa shape index (κ1) is 18.6. The monoisotopic (exact) mass is 365 g/mol. The Hall–Kier alpha value is -2.74. The number of hydrogen-bond acceptors (Lipinski definition) is 4. The maximum Gasteiger partial charge on any atom is 0.387 e. The van der Waals surface area contributed by atoms with Gasteiger partial charge in [-0.2, -0.15) is 13.9 Å². The quantitative estimate of drug-likeness (QED) is 0.460. The molecule has 0 heterocycles. The number of rotatable bonds is 6. The Balaban J connectivity index is 1.99. The zero-order valence-corrected chi connectivity index (χ0v) is 14.4. The zero-order valence-electron chi connectivity index (χ0n) is 13.6. The minimum absolute atomic E-state index is 0.0686. The first-order valence-electron chi connectivity index (χ1n) is 7.28. The molecule has 0 amide bonds. The number of benzene rings is 2. The number of nitrogens with one attached hydrogen (secondary N) is 2. The standard InChI is InChI=1S/C17H17F2N3O2S/c1-11(12-5-3-8-15(9-12)24-16(18)19)21-22-17(25)20-13-6-4-7-14(10-13)23-2/h3-10,16H,1-2H3,(H2,20,22,25)/b21-11-. The fraction of sp³-hybridized carbons (Fsp3) is 0.176. The van der Waals surface area contributed by atoms with Crippen molar-refractivity contribution in [3.63, 3.8) is 0 Å². The fourth-order valence-electron chi connectivity index (χ4n) is 1.96. The highest BCUT2D eigenvalue weighted by molar-refractivity contribution is 7.80. The molecule has 0 radical (unpaired) electrons. The Labute approximate surface area is 149 Å². The van der Waals surface area contributed by atoms with Crippen molar-refractivity contribution in [2.75, 3.05) is 12.4 Å². The van der Waals surface area contributed by atoms with Gasteiger partial charge >= 0.3 is 6.61 Å². The van der Waals surface area contributed by atoms with Crippen LogP contribution >= 0.6 is 12.2 Å². The van der Waals surface area contributed by atoms with Crippen LogP contribution in [0.2, 0.25) is 0 Å². The van der Waals surface area contributed by atoms with Gasteiger partial charge in [-0.15, -0.1) is 0 Å². The van der Waals surface area contributed by atoms with Gasteiger partial charge in [0.05, 0.1) is 12.8 Å². The van der Waals surface area contributed by atoms with E-state index in [-0.39, 0.29) is 10.9 Å². The normalized spacial score (nSPS) is 11.2. The second kappa shape index (κ2) is 8.93. The molecule has 0 saturated carbocycles. The largest absolute Gasteiger partial charge is 0.497 e. The second-order valence-electron chi connectivity index (χ2n) is 4.90. The molecule has 0 atom stereocenters. The van der Waals surface area contributed by atoms with Gasteiger partial charge in [0.1, 0.15) is 11.5 Å². The molecule has 0 aliphatic rings. The number of nitrogens with zero attached hydrogens (tertiary/aromatic N) is 1. The van der Waals surface area contributed by atoms with Crippen LogP contribution in [0.5, 0.6) is 11.5 Å². The van der Waals surface area contributed by atoms with Crippen LogP contribution in [0.3, 0.4) is 0 Å². The summed E-state index contributed by atoms with van der Waals surface area (Å²) in [5.41, 5.74) is 4.65. The predicted molar refractivity (Wildman–Crippen MR) is 97.6 cm³/mol. The molecule has 2 rings (SSSR count). The van der Waals surface area contributed by atoms with Crippen molar-refractivity contribution in [1.82, 2.24) is 5.43 Å². The van der Waals surface area contributed by atoms with E-state index in [0.29, 0.717) is 17.0 Å². The lowest BCUT2D eigenvalue weighted by Gasteiger charge is -2.10. The van der Waals surface area contributed by atoms with Gasteiger partial charge in [0.25, 0.3) is 0 Å². The lowest BCUT2D eigenvalue weighted by atomic mass is 10.1. The average Bonchev–Trinajstić information content (AvgIpc) is 2.59. The lowest BCUT2D eigenvalue weighted by molar-refractivity contribution is -0.0498. The van der Waals surface area contributed by atoms with Gasteiger partial charge in [0.15, 0.2) is 5.11 Å². The molecule has 0 spiro atoms. The summed E-state index contributed by atoms with van der Waals surface area (Å²) in [6.07, 6.45) is 0. The number of methoxy groups -OCH3 is 1. The average molecular weight is 365 g/mol. The molecule has 2 aromatic carbocycles. The number of hydrogen-bond donors (Lipinski definition) is 2. The smallest absolute Gasteiger partial charge is 0.387 e. The second-order valence-corrected chi connectivity index (χ2v) is 5.31. The highest BCUT2D eigenvalue weighted by Gasteiger charge is 2.06. The van der Waals surface area contributed by atoms with E-state index in [0.717, 1.165) is 5.69 Å². The summed E-state index contributed by atoms with van der Waals surface area (Å²) in [6, 6.07) is 13.5. The first-order valence-corrected chi connectivity index (χ1v) is 7.69. The molecule has 0 unspecified atom stereocenters. The minimum Gasteiger partial charge on any atom is -0.497 e. The van der Waals surface area contributed by atoms with Crippen molar-refractivity contribution < 1.29 is 18.3 Å². The Bertz CT molecular complexity index is 769. The zero-order chi connectivity index (χ0) is 18.2. The van der Waals surface area contributed by atoms with Crippen LogP contribution in [0.4, 0.5) is 14.5 Å². The summed E-state index contributed by atoms with van der Waals surface area (Å²) in [7, 11) is 1.58. The molecule has 2 aromatic rings. The Kier molecular flexibility index (Phi) is 6.64. The summed E-state index contributed by atoms with van der Waals surface area (Å²) < 4.78 is 34.0. The van der Waals surface area contributed by atoms with E-state index in [1.54, 1.807) is 32.2 Å². The number of thiocarbonyl (C=S) groups is 1. The number of hydrazone groups is 1. The van der Waals surface area contributed by atoms with Crippen molar-refractivity contribution in [3.8, 4) is 11.5 Å². The molecule has 0 saturated heterocycles. The maximum atomic E-state index is 12.3. The van der Waals surface area contributed by atoms with Gasteiger partial charge in [-0.25, -0.2) is 0 Å². The highest BCUT2D eigenvalue weighted by Crippen LogP contribution is 2.17. The van der Waals surface area contributed by atoms with Gasteiger partial charge in [-0.05, 0) is 43.4 Å². The number of halogens is 2. The summed E-state index contributed by atoms with van der Waals surface area (Å²) in [5.74, 6) is 0.766. The topological polar surface area (TPSA) is 54.9 Å². The van der Waals surface area contributed by atoms with E-state index in [4.69, 9.17) is 17.0 Å².